The minimum Gasteiger partial charge on any atom is -0.463 e. The first kappa shape index (κ1) is 15.8. The summed E-state index contributed by atoms with van der Waals surface area (Å²) in [6.07, 6.45) is 1.73. The second-order valence-electron chi connectivity index (χ2n) is 5.85. The Hall–Kier alpha value is -2.69. The predicted octanol–water partition coefficient (Wildman–Crippen LogP) is 4.26. The summed E-state index contributed by atoms with van der Waals surface area (Å²) in [5.74, 6) is 0.963. The Morgan fingerprint density at radius 1 is 0.920 bits per heavy atom. The lowest BCUT2D eigenvalue weighted by molar-refractivity contribution is -0.704. The monoisotopic (exact) mass is 347 g/mol. The molecule has 3 nitrogen and oxygen atoms in total. The summed E-state index contributed by atoms with van der Waals surface area (Å²) >= 11 is 1.69. The van der Waals surface area contributed by atoms with Crippen molar-refractivity contribution in [2.24, 2.45) is 0 Å². The summed E-state index contributed by atoms with van der Waals surface area (Å²) in [5, 5.41) is 5.49. The molecule has 2 aromatic heterocycles. The van der Waals surface area contributed by atoms with Crippen LogP contribution in [0.2, 0.25) is 0 Å². The van der Waals surface area contributed by atoms with Gasteiger partial charge >= 0.3 is 0 Å². The predicted molar refractivity (Wildman–Crippen MR) is 100 cm³/mol. The van der Waals surface area contributed by atoms with E-state index < -0.39 is 0 Å². The topological polar surface area (TPSA) is 42.6 Å². The highest BCUT2D eigenvalue weighted by Crippen LogP contribution is 2.23. The van der Waals surface area contributed by atoms with Gasteiger partial charge in [-0.05, 0) is 12.1 Å². The summed E-state index contributed by atoms with van der Waals surface area (Å²) < 4.78 is 5.66. The molecule has 0 aliphatic heterocycles. The lowest BCUT2D eigenvalue weighted by Gasteiger charge is -2.13. The fourth-order valence-electron chi connectivity index (χ4n) is 2.90. The van der Waals surface area contributed by atoms with Crippen LogP contribution in [0.4, 0.5) is 0 Å². The highest BCUT2D eigenvalue weighted by Gasteiger charge is 2.20. The largest absolute Gasteiger partial charge is 0.463 e. The first-order chi connectivity index (χ1) is 12.4. The summed E-state index contributed by atoms with van der Waals surface area (Å²) in [5.41, 5.74) is 3.50. The van der Waals surface area contributed by atoms with Gasteiger partial charge in [-0.1, -0.05) is 60.7 Å². The van der Waals surface area contributed by atoms with E-state index in [0.29, 0.717) is 0 Å². The molecular formula is C21H19N2OS+. The Bertz CT molecular complexity index is 902. The molecule has 0 aliphatic carbocycles. The van der Waals surface area contributed by atoms with Gasteiger partial charge in [-0.2, -0.15) is 0 Å². The van der Waals surface area contributed by atoms with Crippen LogP contribution in [0.3, 0.4) is 0 Å². The smallest absolute Gasteiger partial charge is 0.170 e. The third-order valence-corrected chi connectivity index (χ3v) is 5.08. The Morgan fingerprint density at radius 3 is 2.40 bits per heavy atom. The van der Waals surface area contributed by atoms with Crippen LogP contribution in [0.5, 0.6) is 0 Å². The van der Waals surface area contributed by atoms with Crippen LogP contribution in [0.1, 0.15) is 23.1 Å². The van der Waals surface area contributed by atoms with Gasteiger partial charge < -0.3 is 9.73 Å². The van der Waals surface area contributed by atoms with Gasteiger partial charge in [0.1, 0.15) is 17.2 Å². The van der Waals surface area contributed by atoms with Crippen molar-refractivity contribution in [3.05, 3.63) is 101 Å². The number of quaternary nitrogens is 1. The molecule has 4 heteroatoms. The van der Waals surface area contributed by atoms with Gasteiger partial charge in [0.2, 0.25) is 0 Å². The molecule has 0 bridgehead atoms. The molecule has 4 aromatic rings. The third-order valence-electron chi connectivity index (χ3n) is 4.14. The van der Waals surface area contributed by atoms with Crippen LogP contribution in [-0.4, -0.2) is 4.98 Å². The van der Waals surface area contributed by atoms with Crippen molar-refractivity contribution < 1.29 is 9.73 Å². The minimum atomic E-state index is 0.137. The van der Waals surface area contributed by atoms with Crippen molar-refractivity contribution in [3.8, 4) is 10.6 Å². The van der Waals surface area contributed by atoms with Gasteiger partial charge in [-0.15, -0.1) is 11.3 Å². The highest BCUT2D eigenvalue weighted by molar-refractivity contribution is 7.13. The molecule has 124 valence electrons. The van der Waals surface area contributed by atoms with Crippen molar-refractivity contribution in [3.63, 3.8) is 0 Å². The van der Waals surface area contributed by atoms with Crippen molar-refractivity contribution in [2.75, 3.05) is 0 Å². The quantitative estimate of drug-likeness (QED) is 0.566. The van der Waals surface area contributed by atoms with Crippen molar-refractivity contribution >= 4 is 11.3 Å². The van der Waals surface area contributed by atoms with Crippen LogP contribution in [-0.2, 0) is 6.54 Å². The number of benzene rings is 2. The lowest BCUT2D eigenvalue weighted by Crippen LogP contribution is -2.83. The summed E-state index contributed by atoms with van der Waals surface area (Å²) in [4.78, 5) is 4.78. The number of aromatic nitrogens is 1. The maximum Gasteiger partial charge on any atom is 0.170 e. The molecule has 25 heavy (non-hydrogen) atoms. The van der Waals surface area contributed by atoms with Gasteiger partial charge in [0, 0.05) is 16.5 Å². The number of thiazole rings is 1. The molecule has 0 saturated carbocycles. The molecule has 0 saturated heterocycles. The molecule has 2 aromatic carbocycles. The third kappa shape index (κ3) is 3.71. The fraction of sp³-hybridized carbons (Fsp3) is 0.0952. The molecule has 2 N–H and O–H groups in total. The van der Waals surface area contributed by atoms with Crippen molar-refractivity contribution in [2.45, 2.75) is 12.6 Å². The average Bonchev–Trinajstić information content (AvgIpc) is 3.36. The van der Waals surface area contributed by atoms with Gasteiger partial charge in [-0.3, -0.25) is 0 Å². The van der Waals surface area contributed by atoms with Gasteiger partial charge in [0.25, 0.3) is 0 Å². The molecule has 0 amide bonds. The highest BCUT2D eigenvalue weighted by atomic mass is 32.1. The van der Waals surface area contributed by atoms with Crippen molar-refractivity contribution in [1.29, 1.82) is 0 Å². The Balaban J connectivity index is 1.51. The zero-order valence-corrected chi connectivity index (χ0v) is 14.5. The van der Waals surface area contributed by atoms with E-state index in [1.165, 1.54) is 11.1 Å². The molecule has 0 aliphatic rings. The lowest BCUT2D eigenvalue weighted by atomic mass is 10.0. The minimum absolute atomic E-state index is 0.137. The molecule has 1 atom stereocenters. The van der Waals surface area contributed by atoms with E-state index in [1.54, 1.807) is 17.6 Å². The van der Waals surface area contributed by atoms with Crippen LogP contribution >= 0.6 is 11.3 Å². The Labute approximate surface area is 151 Å². The molecule has 2 heterocycles. The average molecular weight is 347 g/mol. The Morgan fingerprint density at radius 2 is 1.68 bits per heavy atom. The normalized spacial score (nSPS) is 12.2. The zero-order valence-electron chi connectivity index (χ0n) is 13.7. The number of furan rings is 1. The maximum atomic E-state index is 5.66. The summed E-state index contributed by atoms with van der Waals surface area (Å²) in [6.45, 7) is 0.809. The number of hydrogen-bond donors (Lipinski definition) is 1. The SMILES string of the molecule is c1ccc(-c2nc(C[NH2+][C@@H](c3ccccc3)c3ccco3)cs2)cc1. The molecule has 0 unspecified atom stereocenters. The molecule has 0 spiro atoms. The van der Waals surface area contributed by atoms with Crippen molar-refractivity contribution in [1.82, 2.24) is 4.98 Å². The number of hydrogen-bond acceptors (Lipinski definition) is 3. The number of nitrogens with zero attached hydrogens (tertiary/aromatic N) is 1. The summed E-state index contributed by atoms with van der Waals surface area (Å²) in [6, 6.07) is 24.9. The van der Waals surface area contributed by atoms with Gasteiger partial charge in [0.15, 0.2) is 11.8 Å². The zero-order chi connectivity index (χ0) is 16.9. The van der Waals surface area contributed by atoms with Crippen LogP contribution in [0, 0.1) is 0 Å². The maximum absolute atomic E-state index is 5.66. The van der Waals surface area contributed by atoms with Crippen LogP contribution in [0.25, 0.3) is 10.6 Å². The second-order valence-corrected chi connectivity index (χ2v) is 6.71. The summed E-state index contributed by atoms with van der Waals surface area (Å²) in [7, 11) is 0. The first-order valence-electron chi connectivity index (χ1n) is 8.31. The molecular weight excluding hydrogens is 328 g/mol. The molecule has 0 radical (unpaired) electrons. The first-order valence-corrected chi connectivity index (χ1v) is 9.19. The standard InChI is InChI=1S/C21H18N2OS/c1-3-8-16(9-4-1)20(19-12-7-13-24-19)22-14-18-15-25-21(23-18)17-10-5-2-6-11-17/h1-13,15,20,22H,14H2/p+1/t20-/m0/s1. The fourth-order valence-corrected chi connectivity index (χ4v) is 3.74. The van der Waals surface area contributed by atoms with E-state index >= 15 is 0 Å². The molecule has 4 rings (SSSR count). The number of rotatable bonds is 6. The van der Waals surface area contributed by atoms with Crippen LogP contribution < -0.4 is 5.32 Å². The van der Waals surface area contributed by atoms with Gasteiger partial charge in [-0.25, -0.2) is 4.98 Å². The second kappa shape index (κ2) is 7.47. The number of nitrogens with two attached hydrogens (primary N) is 1. The molecule has 0 fully saturated rings. The van der Waals surface area contributed by atoms with E-state index in [-0.39, 0.29) is 6.04 Å². The van der Waals surface area contributed by atoms with E-state index in [4.69, 9.17) is 9.40 Å². The Kier molecular flexibility index (Phi) is 4.72. The van der Waals surface area contributed by atoms with Gasteiger partial charge in [0.05, 0.1) is 6.26 Å². The van der Waals surface area contributed by atoms with E-state index in [0.717, 1.165) is 23.0 Å². The van der Waals surface area contributed by atoms with Crippen LogP contribution in [0.15, 0.2) is 88.9 Å². The van der Waals surface area contributed by atoms with E-state index in [9.17, 15) is 0 Å². The van der Waals surface area contributed by atoms with E-state index in [2.05, 4.69) is 47.1 Å². The van der Waals surface area contributed by atoms with E-state index in [1.807, 2.05) is 36.4 Å².